The molecule has 0 bridgehead atoms. The summed E-state index contributed by atoms with van der Waals surface area (Å²) >= 11 is 0. The third-order valence-corrected chi connectivity index (χ3v) is 2.22. The van der Waals surface area contributed by atoms with Gasteiger partial charge in [-0.1, -0.05) is 0 Å². The van der Waals surface area contributed by atoms with Crippen molar-refractivity contribution in [1.82, 2.24) is 0 Å². The lowest BCUT2D eigenvalue weighted by Crippen LogP contribution is -2.59. The second-order valence-corrected chi connectivity index (χ2v) is 3.33. The van der Waals surface area contributed by atoms with Crippen LogP contribution in [0.5, 0.6) is 0 Å². The quantitative estimate of drug-likeness (QED) is 0.204. The van der Waals surface area contributed by atoms with Gasteiger partial charge in [-0.25, -0.2) is 4.99 Å². The summed E-state index contributed by atoms with van der Waals surface area (Å²) in [7, 11) is 0. The van der Waals surface area contributed by atoms with Gasteiger partial charge in [0.25, 0.3) is 0 Å². The van der Waals surface area contributed by atoms with Crippen LogP contribution in [0.2, 0.25) is 0 Å². The lowest BCUT2D eigenvalue weighted by atomic mass is 9.97. The van der Waals surface area contributed by atoms with Gasteiger partial charge in [0.1, 0.15) is 24.4 Å². The Hall–Kier alpha value is -0.930. The summed E-state index contributed by atoms with van der Waals surface area (Å²) in [6.07, 6.45) is -4.77. The zero-order valence-electron chi connectivity index (χ0n) is 8.02. The van der Waals surface area contributed by atoms with Crippen molar-refractivity contribution < 1.29 is 20.1 Å². The van der Waals surface area contributed by atoms with Gasteiger partial charge in [0, 0.05) is 6.54 Å². The second kappa shape index (κ2) is 4.73. The third kappa shape index (κ3) is 2.55. The van der Waals surface area contributed by atoms with Crippen LogP contribution in [0.4, 0.5) is 0 Å². The van der Waals surface area contributed by atoms with E-state index in [0.717, 1.165) is 0 Å². The summed E-state index contributed by atoms with van der Waals surface area (Å²) in [6, 6.07) is -1.10. The first-order chi connectivity index (χ1) is 6.97. The van der Waals surface area contributed by atoms with Gasteiger partial charge in [-0.3, -0.25) is 0 Å². The number of aliphatic hydroxyl groups excluding tert-OH is 3. The number of guanidine groups is 1. The lowest BCUT2D eigenvalue weighted by Gasteiger charge is -2.38. The van der Waals surface area contributed by atoms with Crippen LogP contribution in [-0.2, 0) is 4.74 Å². The Balaban J connectivity index is 2.79. The van der Waals surface area contributed by atoms with Gasteiger partial charge >= 0.3 is 0 Å². The van der Waals surface area contributed by atoms with Gasteiger partial charge in [0.2, 0.25) is 0 Å². The largest absolute Gasteiger partial charge is 0.388 e. The van der Waals surface area contributed by atoms with Crippen molar-refractivity contribution in [3.8, 4) is 0 Å². The number of ether oxygens (including phenoxy) is 1. The van der Waals surface area contributed by atoms with Crippen LogP contribution >= 0.6 is 0 Å². The Morgan fingerprint density at radius 3 is 2.27 bits per heavy atom. The average Bonchev–Trinajstić information content (AvgIpc) is 2.18. The first kappa shape index (κ1) is 12.1. The van der Waals surface area contributed by atoms with E-state index >= 15 is 0 Å². The molecule has 1 saturated heterocycles. The van der Waals surface area contributed by atoms with Crippen molar-refractivity contribution in [3.63, 3.8) is 0 Å². The SMILES string of the molecule is NC[C@H]1OC(O)[C@@H](N=C(N)N)[C@@H](O)[C@H]1O. The van der Waals surface area contributed by atoms with Crippen LogP contribution in [0.1, 0.15) is 0 Å². The van der Waals surface area contributed by atoms with E-state index < -0.39 is 30.6 Å². The van der Waals surface area contributed by atoms with E-state index in [1.165, 1.54) is 0 Å². The molecule has 0 saturated carbocycles. The summed E-state index contributed by atoms with van der Waals surface area (Å²) in [6.45, 7) is -0.0240. The van der Waals surface area contributed by atoms with Crippen molar-refractivity contribution in [1.29, 1.82) is 0 Å². The maximum Gasteiger partial charge on any atom is 0.186 e. The molecular formula is C7H16N4O4. The highest BCUT2D eigenvalue weighted by Crippen LogP contribution is 2.21. The van der Waals surface area contributed by atoms with Gasteiger partial charge in [0.05, 0.1) is 0 Å². The molecule has 0 aromatic rings. The summed E-state index contributed by atoms with van der Waals surface area (Å²) in [5, 5.41) is 28.6. The van der Waals surface area contributed by atoms with Gasteiger partial charge in [-0.15, -0.1) is 0 Å². The predicted octanol–water partition coefficient (Wildman–Crippen LogP) is -3.97. The topological polar surface area (TPSA) is 160 Å². The molecule has 0 aromatic carbocycles. The van der Waals surface area contributed by atoms with Crippen LogP contribution in [0.3, 0.4) is 0 Å². The number of aliphatic imine (C=N–C) groups is 1. The molecule has 1 aliphatic heterocycles. The Morgan fingerprint density at radius 1 is 1.20 bits per heavy atom. The molecule has 9 N–H and O–H groups in total. The molecule has 0 aromatic heterocycles. The number of hydrogen-bond acceptors (Lipinski definition) is 6. The highest BCUT2D eigenvalue weighted by molar-refractivity contribution is 5.75. The molecule has 8 nitrogen and oxygen atoms in total. The Kier molecular flexibility index (Phi) is 3.83. The van der Waals surface area contributed by atoms with E-state index in [0.29, 0.717) is 0 Å². The van der Waals surface area contributed by atoms with E-state index in [9.17, 15) is 15.3 Å². The molecule has 0 amide bonds. The van der Waals surface area contributed by atoms with E-state index in [1.807, 2.05) is 0 Å². The molecular weight excluding hydrogens is 204 g/mol. The van der Waals surface area contributed by atoms with Crippen LogP contribution in [0.25, 0.3) is 0 Å². The predicted molar refractivity (Wildman–Crippen MR) is 51.5 cm³/mol. The van der Waals surface area contributed by atoms with Gasteiger partial charge in [-0.05, 0) is 0 Å². The first-order valence-corrected chi connectivity index (χ1v) is 4.45. The van der Waals surface area contributed by atoms with Crippen molar-refractivity contribution in [2.45, 2.75) is 30.6 Å². The molecule has 0 spiro atoms. The summed E-state index contributed by atoms with van der Waals surface area (Å²) in [4.78, 5) is 3.56. The Labute approximate surface area is 86.3 Å². The lowest BCUT2D eigenvalue weighted by molar-refractivity contribution is -0.238. The fraction of sp³-hybridized carbons (Fsp3) is 0.857. The number of nitrogens with two attached hydrogens (primary N) is 3. The average molecular weight is 220 g/mol. The Morgan fingerprint density at radius 2 is 1.80 bits per heavy atom. The van der Waals surface area contributed by atoms with Crippen molar-refractivity contribution >= 4 is 5.96 Å². The Bertz CT molecular complexity index is 245. The fourth-order valence-electron chi connectivity index (χ4n) is 1.44. The molecule has 8 heteroatoms. The van der Waals surface area contributed by atoms with Crippen LogP contribution in [-0.4, -0.2) is 58.5 Å². The first-order valence-electron chi connectivity index (χ1n) is 4.45. The standard InChI is InChI=1S/C7H16N4O4/c8-1-2-4(12)5(13)3(6(14)15-2)11-7(9)10/h2-6,12-14H,1,8H2,(H4,9,10,11)/t2-,3+,4+,5-,6?/m1/s1. The summed E-state index contributed by atoms with van der Waals surface area (Å²) in [5.41, 5.74) is 15.5. The number of rotatable bonds is 2. The molecule has 1 heterocycles. The highest BCUT2D eigenvalue weighted by Gasteiger charge is 2.43. The second-order valence-electron chi connectivity index (χ2n) is 3.33. The van der Waals surface area contributed by atoms with E-state index in [4.69, 9.17) is 21.9 Å². The van der Waals surface area contributed by atoms with Crippen LogP contribution in [0.15, 0.2) is 4.99 Å². The van der Waals surface area contributed by atoms with Crippen LogP contribution < -0.4 is 17.2 Å². The zero-order valence-corrected chi connectivity index (χ0v) is 8.02. The summed E-state index contributed by atoms with van der Waals surface area (Å²) in [5.74, 6) is -0.305. The molecule has 0 radical (unpaired) electrons. The van der Waals surface area contributed by atoms with E-state index in [-0.39, 0.29) is 12.5 Å². The molecule has 1 unspecified atom stereocenters. The minimum atomic E-state index is -1.39. The van der Waals surface area contributed by atoms with Crippen molar-refractivity contribution in [2.75, 3.05) is 6.54 Å². The molecule has 1 rings (SSSR count). The number of hydrogen-bond donors (Lipinski definition) is 6. The van der Waals surface area contributed by atoms with Crippen molar-refractivity contribution in [2.24, 2.45) is 22.2 Å². The van der Waals surface area contributed by atoms with Gasteiger partial charge in [-0.2, -0.15) is 0 Å². The molecule has 88 valence electrons. The number of nitrogens with zero attached hydrogens (tertiary/aromatic N) is 1. The molecule has 15 heavy (non-hydrogen) atoms. The van der Waals surface area contributed by atoms with Gasteiger partial charge in [0.15, 0.2) is 12.2 Å². The van der Waals surface area contributed by atoms with E-state index in [2.05, 4.69) is 4.99 Å². The maximum absolute atomic E-state index is 9.59. The monoisotopic (exact) mass is 220 g/mol. The zero-order chi connectivity index (χ0) is 11.6. The summed E-state index contributed by atoms with van der Waals surface area (Å²) < 4.78 is 4.93. The molecule has 5 atom stereocenters. The maximum atomic E-state index is 9.59. The van der Waals surface area contributed by atoms with Crippen molar-refractivity contribution in [3.05, 3.63) is 0 Å². The number of aliphatic hydroxyl groups is 3. The minimum Gasteiger partial charge on any atom is -0.388 e. The molecule has 1 aliphatic rings. The van der Waals surface area contributed by atoms with Crippen LogP contribution in [0, 0.1) is 0 Å². The molecule has 1 fully saturated rings. The van der Waals surface area contributed by atoms with Gasteiger partial charge < -0.3 is 37.3 Å². The fourth-order valence-corrected chi connectivity index (χ4v) is 1.44. The normalized spacial score (nSPS) is 41.2. The third-order valence-electron chi connectivity index (χ3n) is 2.22. The minimum absolute atomic E-state index is 0.0240. The molecule has 0 aliphatic carbocycles. The van der Waals surface area contributed by atoms with E-state index in [1.54, 1.807) is 0 Å². The smallest absolute Gasteiger partial charge is 0.186 e. The highest BCUT2D eigenvalue weighted by atomic mass is 16.6.